The van der Waals surface area contributed by atoms with Crippen LogP contribution >= 0.6 is 0 Å². The van der Waals surface area contributed by atoms with E-state index in [-0.39, 0.29) is 0 Å². The molecular formula is C14H23N. The Kier molecular flexibility index (Phi) is 4.83. The first-order valence-electron chi connectivity index (χ1n) is 5.93. The highest BCUT2D eigenvalue weighted by Gasteiger charge is 2.08. The summed E-state index contributed by atoms with van der Waals surface area (Å²) in [5.74, 6) is 1.28. The second-order valence-corrected chi connectivity index (χ2v) is 4.48. The molecule has 0 aliphatic rings. The Balaban J connectivity index is 2.77. The van der Waals surface area contributed by atoms with Gasteiger partial charge in [0, 0.05) is 6.54 Å². The first-order valence-corrected chi connectivity index (χ1v) is 5.93. The van der Waals surface area contributed by atoms with Crippen molar-refractivity contribution >= 4 is 0 Å². The van der Waals surface area contributed by atoms with Crippen molar-refractivity contribution in [2.24, 2.45) is 0 Å². The van der Waals surface area contributed by atoms with Gasteiger partial charge in [0.1, 0.15) is 0 Å². The summed E-state index contributed by atoms with van der Waals surface area (Å²) in [6, 6.07) is 9.08. The molecule has 0 amide bonds. The van der Waals surface area contributed by atoms with E-state index in [9.17, 15) is 0 Å². The van der Waals surface area contributed by atoms with E-state index in [0.29, 0.717) is 11.8 Å². The molecule has 0 spiro atoms. The lowest BCUT2D eigenvalue weighted by molar-refractivity contribution is 0.611. The molecule has 1 heteroatoms. The van der Waals surface area contributed by atoms with E-state index in [4.69, 9.17) is 0 Å². The van der Waals surface area contributed by atoms with Crippen LogP contribution in [0.3, 0.4) is 0 Å². The van der Waals surface area contributed by atoms with E-state index in [1.165, 1.54) is 17.5 Å². The molecule has 0 aliphatic carbocycles. The Bertz CT molecular complexity index is 274. The molecule has 1 rings (SSSR count). The minimum absolute atomic E-state index is 0.628. The van der Waals surface area contributed by atoms with Crippen LogP contribution in [-0.4, -0.2) is 13.6 Å². The third-order valence-corrected chi connectivity index (χ3v) is 3.02. The highest BCUT2D eigenvalue weighted by Crippen LogP contribution is 2.21. The lowest BCUT2D eigenvalue weighted by atomic mass is 9.93. The summed E-state index contributed by atoms with van der Waals surface area (Å²) < 4.78 is 0. The smallest absolute Gasteiger partial charge is 0.00170 e. The van der Waals surface area contributed by atoms with Gasteiger partial charge in [-0.15, -0.1) is 0 Å². The van der Waals surface area contributed by atoms with Gasteiger partial charge in [-0.2, -0.15) is 0 Å². The normalized spacial score (nSPS) is 13.1. The van der Waals surface area contributed by atoms with Gasteiger partial charge in [-0.25, -0.2) is 0 Å². The molecule has 15 heavy (non-hydrogen) atoms. The molecule has 0 saturated heterocycles. The van der Waals surface area contributed by atoms with Gasteiger partial charge in [0.05, 0.1) is 0 Å². The monoisotopic (exact) mass is 205 g/mol. The van der Waals surface area contributed by atoms with Crippen LogP contribution in [0.4, 0.5) is 0 Å². The highest BCUT2D eigenvalue weighted by atomic mass is 14.8. The lowest BCUT2D eigenvalue weighted by Crippen LogP contribution is -2.16. The summed E-state index contributed by atoms with van der Waals surface area (Å²) in [5, 5.41) is 3.25. The highest BCUT2D eigenvalue weighted by molar-refractivity contribution is 5.27. The van der Waals surface area contributed by atoms with Crippen LogP contribution < -0.4 is 5.32 Å². The van der Waals surface area contributed by atoms with Crippen molar-refractivity contribution in [2.75, 3.05) is 13.6 Å². The van der Waals surface area contributed by atoms with Gasteiger partial charge in [-0.1, -0.05) is 45.0 Å². The van der Waals surface area contributed by atoms with E-state index in [0.717, 1.165) is 6.54 Å². The van der Waals surface area contributed by atoms with Crippen LogP contribution in [-0.2, 0) is 0 Å². The van der Waals surface area contributed by atoms with Gasteiger partial charge in [0.25, 0.3) is 0 Å². The first kappa shape index (κ1) is 12.3. The van der Waals surface area contributed by atoms with Gasteiger partial charge in [-0.05, 0) is 36.4 Å². The zero-order valence-corrected chi connectivity index (χ0v) is 10.4. The molecule has 1 aromatic rings. The summed E-state index contributed by atoms with van der Waals surface area (Å²) in [6.45, 7) is 7.79. The molecule has 0 bridgehead atoms. The number of nitrogens with one attached hydrogen (secondary N) is 1. The summed E-state index contributed by atoms with van der Waals surface area (Å²) in [7, 11) is 2.02. The molecule has 1 aromatic carbocycles. The van der Waals surface area contributed by atoms with E-state index in [1.807, 2.05) is 7.05 Å². The molecule has 84 valence electrons. The summed E-state index contributed by atoms with van der Waals surface area (Å²) in [6.07, 6.45) is 1.20. The maximum atomic E-state index is 3.25. The molecule has 1 nitrogen and oxygen atoms in total. The minimum Gasteiger partial charge on any atom is -0.319 e. The molecule has 0 aromatic heterocycles. The average molecular weight is 205 g/mol. The van der Waals surface area contributed by atoms with Crippen LogP contribution in [0.25, 0.3) is 0 Å². The third-order valence-electron chi connectivity index (χ3n) is 3.02. The fourth-order valence-electron chi connectivity index (χ4n) is 1.90. The Morgan fingerprint density at radius 2 is 1.60 bits per heavy atom. The molecular weight excluding hydrogens is 182 g/mol. The average Bonchev–Trinajstić information content (AvgIpc) is 2.26. The SMILES string of the molecule is CCC(CNC)c1ccc(C(C)C)cc1. The van der Waals surface area contributed by atoms with Crippen LogP contribution in [0.5, 0.6) is 0 Å². The van der Waals surface area contributed by atoms with Crippen LogP contribution in [0.15, 0.2) is 24.3 Å². The second kappa shape index (κ2) is 5.92. The molecule has 1 atom stereocenters. The molecule has 0 radical (unpaired) electrons. The van der Waals surface area contributed by atoms with Crippen molar-refractivity contribution in [1.82, 2.24) is 5.32 Å². The van der Waals surface area contributed by atoms with E-state index in [2.05, 4.69) is 50.4 Å². The van der Waals surface area contributed by atoms with Crippen molar-refractivity contribution in [3.63, 3.8) is 0 Å². The second-order valence-electron chi connectivity index (χ2n) is 4.48. The third kappa shape index (κ3) is 3.35. The van der Waals surface area contributed by atoms with E-state index >= 15 is 0 Å². The Hall–Kier alpha value is -0.820. The molecule has 0 heterocycles. The maximum Gasteiger partial charge on any atom is 0.00170 e. The lowest BCUT2D eigenvalue weighted by Gasteiger charge is -2.15. The predicted molar refractivity (Wildman–Crippen MR) is 67.5 cm³/mol. The van der Waals surface area contributed by atoms with E-state index < -0.39 is 0 Å². The predicted octanol–water partition coefficient (Wildman–Crippen LogP) is 3.52. The molecule has 0 fully saturated rings. The summed E-state index contributed by atoms with van der Waals surface area (Å²) in [5.41, 5.74) is 2.88. The topological polar surface area (TPSA) is 12.0 Å². The molecule has 0 saturated carbocycles. The van der Waals surface area contributed by atoms with Gasteiger partial charge < -0.3 is 5.32 Å². The quantitative estimate of drug-likeness (QED) is 0.775. The maximum absolute atomic E-state index is 3.25. The number of rotatable bonds is 5. The van der Waals surface area contributed by atoms with E-state index in [1.54, 1.807) is 0 Å². The Morgan fingerprint density at radius 3 is 2.00 bits per heavy atom. The largest absolute Gasteiger partial charge is 0.319 e. The van der Waals surface area contributed by atoms with Crippen molar-refractivity contribution in [3.05, 3.63) is 35.4 Å². The van der Waals surface area contributed by atoms with Crippen LogP contribution in [0.2, 0.25) is 0 Å². The minimum atomic E-state index is 0.628. The molecule has 0 aliphatic heterocycles. The Morgan fingerprint density at radius 1 is 1.07 bits per heavy atom. The number of benzene rings is 1. The van der Waals surface area contributed by atoms with Crippen molar-refractivity contribution in [2.45, 2.75) is 39.0 Å². The van der Waals surface area contributed by atoms with Crippen LogP contribution in [0, 0.1) is 0 Å². The summed E-state index contributed by atoms with van der Waals surface area (Å²) in [4.78, 5) is 0. The van der Waals surface area contributed by atoms with Gasteiger partial charge in [0.2, 0.25) is 0 Å². The van der Waals surface area contributed by atoms with Crippen LogP contribution in [0.1, 0.15) is 50.2 Å². The number of hydrogen-bond donors (Lipinski definition) is 1. The van der Waals surface area contributed by atoms with Crippen molar-refractivity contribution < 1.29 is 0 Å². The van der Waals surface area contributed by atoms with Crippen molar-refractivity contribution in [3.8, 4) is 0 Å². The van der Waals surface area contributed by atoms with Crippen molar-refractivity contribution in [1.29, 1.82) is 0 Å². The van der Waals surface area contributed by atoms with Gasteiger partial charge in [-0.3, -0.25) is 0 Å². The number of likely N-dealkylation sites (N-methyl/N-ethyl adjacent to an activating group) is 1. The Labute approximate surface area is 93.9 Å². The zero-order chi connectivity index (χ0) is 11.3. The van der Waals surface area contributed by atoms with Gasteiger partial charge >= 0.3 is 0 Å². The number of hydrogen-bond acceptors (Lipinski definition) is 1. The van der Waals surface area contributed by atoms with Gasteiger partial charge in [0.15, 0.2) is 0 Å². The standard InChI is InChI=1S/C14H23N/c1-5-12(10-15-4)14-8-6-13(7-9-14)11(2)3/h6-9,11-12,15H,5,10H2,1-4H3. The molecule has 1 N–H and O–H groups in total. The fourth-order valence-corrected chi connectivity index (χ4v) is 1.90. The fraction of sp³-hybridized carbons (Fsp3) is 0.571. The molecule has 1 unspecified atom stereocenters. The summed E-state index contributed by atoms with van der Waals surface area (Å²) >= 11 is 0. The first-order chi connectivity index (χ1) is 7.19. The zero-order valence-electron chi connectivity index (χ0n) is 10.4.